The molecule has 3 aromatic rings. The number of hydrogen-bond acceptors (Lipinski definition) is 3. The van der Waals surface area contributed by atoms with Crippen molar-refractivity contribution >= 4 is 52.1 Å². The van der Waals surface area contributed by atoms with Crippen LogP contribution in [0.5, 0.6) is 0 Å². The number of amides is 2. The Hall–Kier alpha value is -3.02. The molecule has 3 aromatic carbocycles. The van der Waals surface area contributed by atoms with Gasteiger partial charge in [0.15, 0.2) is 0 Å². The topological polar surface area (TPSA) is 70.2 Å². The summed E-state index contributed by atoms with van der Waals surface area (Å²) in [6.07, 6.45) is 1.05. The van der Waals surface area contributed by atoms with Crippen molar-refractivity contribution in [3.8, 4) is 0 Å². The second kappa shape index (κ2) is 10.7. The highest BCUT2D eigenvalue weighted by molar-refractivity contribution is 6.35. The van der Waals surface area contributed by atoms with Crippen LogP contribution < -0.4 is 16.0 Å². The van der Waals surface area contributed by atoms with Gasteiger partial charge in [-0.3, -0.25) is 9.59 Å². The highest BCUT2D eigenvalue weighted by Gasteiger charge is 2.07. The molecule has 0 aliphatic heterocycles. The van der Waals surface area contributed by atoms with E-state index < -0.39 is 0 Å². The van der Waals surface area contributed by atoms with Crippen molar-refractivity contribution in [3.63, 3.8) is 0 Å². The summed E-state index contributed by atoms with van der Waals surface area (Å²) < 4.78 is 0. The van der Waals surface area contributed by atoms with Gasteiger partial charge in [0.2, 0.25) is 11.8 Å². The number of aryl methyl sites for hydroxylation is 1. The van der Waals surface area contributed by atoms with E-state index in [2.05, 4.69) is 16.0 Å². The first-order valence-electron chi connectivity index (χ1n) is 9.42. The minimum Gasteiger partial charge on any atom is -0.375 e. The maximum absolute atomic E-state index is 12.2. The molecule has 0 saturated carbocycles. The minimum atomic E-state index is -0.251. The number of anilines is 3. The maximum atomic E-state index is 12.2. The Labute approximate surface area is 185 Å². The molecule has 0 aliphatic rings. The predicted octanol–water partition coefficient (Wildman–Crippen LogP) is 5.62. The van der Waals surface area contributed by atoms with Crippen molar-refractivity contribution in [3.05, 3.63) is 88.4 Å². The number of carbonyl (C=O) groups excluding carboxylic acids is 2. The third kappa shape index (κ3) is 6.79. The summed E-state index contributed by atoms with van der Waals surface area (Å²) in [4.78, 5) is 24.4. The Morgan fingerprint density at radius 3 is 2.20 bits per heavy atom. The van der Waals surface area contributed by atoms with Gasteiger partial charge >= 0.3 is 0 Å². The first kappa shape index (κ1) is 21.7. The summed E-state index contributed by atoms with van der Waals surface area (Å²) in [7, 11) is 0. The van der Waals surface area contributed by atoms with Gasteiger partial charge < -0.3 is 16.0 Å². The van der Waals surface area contributed by atoms with E-state index in [1.807, 2.05) is 30.3 Å². The molecular weight excluding hydrogens is 421 g/mol. The third-order valence-electron chi connectivity index (χ3n) is 4.28. The fourth-order valence-electron chi connectivity index (χ4n) is 2.81. The average molecular weight is 442 g/mol. The van der Waals surface area contributed by atoms with Gasteiger partial charge in [0, 0.05) is 22.8 Å². The number of hydrogen-bond donors (Lipinski definition) is 3. The monoisotopic (exact) mass is 441 g/mol. The summed E-state index contributed by atoms with van der Waals surface area (Å²) in [5, 5.41) is 9.61. The number of rotatable bonds is 8. The smallest absolute Gasteiger partial charge is 0.243 e. The summed E-state index contributed by atoms with van der Waals surface area (Å²) in [6.45, 7) is 0.0216. The van der Waals surface area contributed by atoms with Crippen LogP contribution in [0.3, 0.4) is 0 Å². The molecule has 154 valence electrons. The van der Waals surface area contributed by atoms with Crippen LogP contribution >= 0.6 is 23.2 Å². The van der Waals surface area contributed by atoms with Gasteiger partial charge in [0.1, 0.15) is 0 Å². The zero-order valence-corrected chi connectivity index (χ0v) is 17.6. The van der Waals surface area contributed by atoms with Crippen LogP contribution in [0.4, 0.5) is 17.1 Å². The van der Waals surface area contributed by atoms with E-state index in [0.29, 0.717) is 39.9 Å². The molecule has 30 heavy (non-hydrogen) atoms. The summed E-state index contributed by atoms with van der Waals surface area (Å²) >= 11 is 12.0. The third-order valence-corrected chi connectivity index (χ3v) is 4.85. The van der Waals surface area contributed by atoms with E-state index in [0.717, 1.165) is 5.56 Å². The van der Waals surface area contributed by atoms with E-state index in [4.69, 9.17) is 23.2 Å². The lowest BCUT2D eigenvalue weighted by atomic mass is 10.1. The van der Waals surface area contributed by atoms with Crippen molar-refractivity contribution < 1.29 is 9.59 Å². The van der Waals surface area contributed by atoms with Gasteiger partial charge in [-0.05, 0) is 48.4 Å². The Morgan fingerprint density at radius 1 is 0.767 bits per heavy atom. The van der Waals surface area contributed by atoms with E-state index in [1.165, 1.54) is 0 Å². The quantitative estimate of drug-likeness (QED) is 0.424. The van der Waals surface area contributed by atoms with Crippen LogP contribution in [-0.2, 0) is 16.0 Å². The molecule has 2 amide bonds. The average Bonchev–Trinajstić information content (AvgIpc) is 2.74. The van der Waals surface area contributed by atoms with Crippen molar-refractivity contribution in [1.82, 2.24) is 0 Å². The zero-order chi connectivity index (χ0) is 21.3. The van der Waals surface area contributed by atoms with Crippen LogP contribution in [0, 0.1) is 0 Å². The van der Waals surface area contributed by atoms with Crippen LogP contribution in [-0.4, -0.2) is 18.4 Å². The Morgan fingerprint density at radius 2 is 1.47 bits per heavy atom. The predicted molar refractivity (Wildman–Crippen MR) is 123 cm³/mol. The van der Waals surface area contributed by atoms with Gasteiger partial charge in [-0.2, -0.15) is 0 Å². The Bertz CT molecular complexity index is 1030. The summed E-state index contributed by atoms with van der Waals surface area (Å²) in [5.74, 6) is -0.335. The van der Waals surface area contributed by atoms with E-state index >= 15 is 0 Å². The molecule has 0 aromatic heterocycles. The van der Waals surface area contributed by atoms with Gasteiger partial charge in [-0.1, -0.05) is 59.6 Å². The first-order valence-corrected chi connectivity index (χ1v) is 10.2. The lowest BCUT2D eigenvalue weighted by Gasteiger charge is -2.11. The molecule has 0 atom stereocenters. The molecule has 0 fully saturated rings. The Kier molecular flexibility index (Phi) is 7.71. The highest BCUT2D eigenvalue weighted by atomic mass is 35.5. The number of carbonyl (C=O) groups is 2. The zero-order valence-electron chi connectivity index (χ0n) is 16.1. The minimum absolute atomic E-state index is 0.0216. The highest BCUT2D eigenvalue weighted by Crippen LogP contribution is 2.25. The maximum Gasteiger partial charge on any atom is 0.243 e. The lowest BCUT2D eigenvalue weighted by Crippen LogP contribution is -2.22. The molecule has 0 heterocycles. The van der Waals surface area contributed by atoms with E-state index in [9.17, 15) is 9.59 Å². The SMILES string of the molecule is O=C(CCc1ccccc1)Nc1cccc(NC(=O)CNc2cc(Cl)ccc2Cl)c1. The molecule has 0 bridgehead atoms. The molecule has 0 saturated heterocycles. The van der Waals surface area contributed by atoms with E-state index in [1.54, 1.807) is 42.5 Å². The van der Waals surface area contributed by atoms with Crippen molar-refractivity contribution in [2.75, 3.05) is 22.5 Å². The fourth-order valence-corrected chi connectivity index (χ4v) is 3.17. The standard InChI is InChI=1S/C23H21Cl2N3O2/c24-17-10-11-20(25)21(13-17)26-15-23(30)28-19-8-4-7-18(14-19)27-22(29)12-9-16-5-2-1-3-6-16/h1-8,10-11,13-14,26H,9,12,15H2,(H,27,29)(H,28,30). The van der Waals surface area contributed by atoms with E-state index in [-0.39, 0.29) is 18.4 Å². The van der Waals surface area contributed by atoms with Crippen LogP contribution in [0.25, 0.3) is 0 Å². The molecule has 0 unspecified atom stereocenters. The second-order valence-electron chi connectivity index (χ2n) is 6.64. The van der Waals surface area contributed by atoms with Gasteiger partial charge in [0.25, 0.3) is 0 Å². The van der Waals surface area contributed by atoms with Gasteiger partial charge in [0.05, 0.1) is 17.3 Å². The first-order chi connectivity index (χ1) is 14.5. The molecule has 7 heteroatoms. The molecule has 0 aliphatic carbocycles. The second-order valence-corrected chi connectivity index (χ2v) is 7.48. The van der Waals surface area contributed by atoms with Crippen LogP contribution in [0.15, 0.2) is 72.8 Å². The lowest BCUT2D eigenvalue weighted by molar-refractivity contribution is -0.116. The number of benzene rings is 3. The molecular formula is C23H21Cl2N3O2. The Balaban J connectivity index is 1.50. The van der Waals surface area contributed by atoms with Crippen molar-refractivity contribution in [1.29, 1.82) is 0 Å². The summed E-state index contributed by atoms with van der Waals surface area (Å²) in [6, 6.07) is 21.8. The normalized spacial score (nSPS) is 10.3. The molecule has 3 rings (SSSR count). The largest absolute Gasteiger partial charge is 0.375 e. The van der Waals surface area contributed by atoms with Crippen molar-refractivity contribution in [2.24, 2.45) is 0 Å². The number of nitrogens with one attached hydrogen (secondary N) is 3. The van der Waals surface area contributed by atoms with Crippen molar-refractivity contribution in [2.45, 2.75) is 12.8 Å². The molecule has 0 spiro atoms. The van der Waals surface area contributed by atoms with Crippen LogP contribution in [0.1, 0.15) is 12.0 Å². The molecule has 5 nitrogen and oxygen atoms in total. The fraction of sp³-hybridized carbons (Fsp3) is 0.130. The molecule has 0 radical (unpaired) electrons. The van der Waals surface area contributed by atoms with Crippen LogP contribution in [0.2, 0.25) is 10.0 Å². The van der Waals surface area contributed by atoms with Gasteiger partial charge in [-0.25, -0.2) is 0 Å². The van der Waals surface area contributed by atoms with Gasteiger partial charge in [-0.15, -0.1) is 0 Å². The number of halogens is 2. The summed E-state index contributed by atoms with van der Waals surface area (Å²) in [5.41, 5.74) is 2.90. The molecule has 3 N–H and O–H groups in total.